The summed E-state index contributed by atoms with van der Waals surface area (Å²) in [7, 11) is 1.42. The smallest absolute Gasteiger partial charge is 0.322 e. The molecule has 3 N–H and O–H groups in total. The monoisotopic (exact) mass is 282 g/mol. The molecular formula is C14H19FN2O3. The molecule has 1 fully saturated rings. The van der Waals surface area contributed by atoms with E-state index in [2.05, 4.69) is 10.9 Å². The second kappa shape index (κ2) is 5.38. The summed E-state index contributed by atoms with van der Waals surface area (Å²) >= 11 is 0. The lowest BCUT2D eigenvalue weighted by Crippen LogP contribution is -2.44. The van der Waals surface area contributed by atoms with Gasteiger partial charge in [0.1, 0.15) is 6.04 Å². The lowest BCUT2D eigenvalue weighted by atomic mass is 9.76. The zero-order valence-electron chi connectivity index (χ0n) is 11.7. The van der Waals surface area contributed by atoms with Gasteiger partial charge in [-0.2, -0.15) is 0 Å². The molecule has 0 aromatic heterocycles. The van der Waals surface area contributed by atoms with Gasteiger partial charge < -0.3 is 9.84 Å². The molecule has 2 atom stereocenters. The minimum absolute atomic E-state index is 0.101. The van der Waals surface area contributed by atoms with Gasteiger partial charge >= 0.3 is 5.97 Å². The topological polar surface area (TPSA) is 70.6 Å². The van der Waals surface area contributed by atoms with Crippen molar-refractivity contribution in [3.05, 3.63) is 29.6 Å². The van der Waals surface area contributed by atoms with Crippen molar-refractivity contribution in [3.63, 3.8) is 0 Å². The molecule has 110 valence electrons. The minimum Gasteiger partial charge on any atom is -0.494 e. The van der Waals surface area contributed by atoms with Crippen molar-refractivity contribution in [3.8, 4) is 5.75 Å². The Morgan fingerprint density at radius 3 is 2.65 bits per heavy atom. The first-order valence-electron chi connectivity index (χ1n) is 6.44. The molecule has 0 aliphatic carbocycles. The maximum absolute atomic E-state index is 13.8. The number of rotatable bonds is 4. The number of aliphatic carboxylic acids is 1. The molecule has 6 heteroatoms. The van der Waals surface area contributed by atoms with Crippen LogP contribution in [0.1, 0.15) is 25.8 Å². The van der Waals surface area contributed by atoms with Gasteiger partial charge in [0, 0.05) is 11.5 Å². The Labute approximate surface area is 117 Å². The first kappa shape index (κ1) is 14.7. The van der Waals surface area contributed by atoms with Crippen LogP contribution < -0.4 is 15.6 Å². The van der Waals surface area contributed by atoms with Crippen molar-refractivity contribution in [2.75, 3.05) is 7.11 Å². The van der Waals surface area contributed by atoms with Gasteiger partial charge in [-0.1, -0.05) is 19.9 Å². The van der Waals surface area contributed by atoms with Gasteiger partial charge in [0.05, 0.1) is 7.11 Å². The van der Waals surface area contributed by atoms with E-state index in [0.29, 0.717) is 6.42 Å². The maximum atomic E-state index is 13.8. The van der Waals surface area contributed by atoms with E-state index in [1.165, 1.54) is 13.2 Å². The third-order valence-electron chi connectivity index (χ3n) is 3.97. The third kappa shape index (κ3) is 2.62. The van der Waals surface area contributed by atoms with Crippen LogP contribution in [-0.4, -0.2) is 30.3 Å². The van der Waals surface area contributed by atoms with E-state index in [-0.39, 0.29) is 11.8 Å². The van der Waals surface area contributed by atoms with Gasteiger partial charge in [0.2, 0.25) is 0 Å². The highest BCUT2D eigenvalue weighted by Crippen LogP contribution is 2.33. The summed E-state index contributed by atoms with van der Waals surface area (Å²) in [6.45, 7) is 3.91. The fraction of sp³-hybridized carbons (Fsp3) is 0.500. The molecule has 20 heavy (non-hydrogen) atoms. The highest BCUT2D eigenvalue weighted by atomic mass is 19.1. The van der Waals surface area contributed by atoms with Gasteiger partial charge in [-0.05, 0) is 24.1 Å². The molecular weight excluding hydrogens is 263 g/mol. The first-order chi connectivity index (χ1) is 9.36. The Hall–Kier alpha value is -1.66. The summed E-state index contributed by atoms with van der Waals surface area (Å²) in [6, 6.07) is 4.11. The van der Waals surface area contributed by atoms with E-state index in [4.69, 9.17) is 9.84 Å². The van der Waals surface area contributed by atoms with E-state index >= 15 is 0 Å². The molecule has 0 saturated carbocycles. The molecule has 0 radical (unpaired) electrons. The van der Waals surface area contributed by atoms with Crippen LogP contribution >= 0.6 is 0 Å². The quantitative estimate of drug-likeness (QED) is 0.779. The SMILES string of the molecule is COc1ccc(C(C)(C)C2CC(C(=O)O)NN2)cc1F. The average Bonchev–Trinajstić information content (AvgIpc) is 2.89. The molecule has 0 bridgehead atoms. The molecule has 1 aliphatic rings. The third-order valence-corrected chi connectivity index (χ3v) is 3.97. The van der Waals surface area contributed by atoms with Crippen molar-refractivity contribution >= 4 is 5.97 Å². The second-order valence-corrected chi connectivity index (χ2v) is 5.54. The highest BCUT2D eigenvalue weighted by Gasteiger charge is 2.39. The molecule has 1 aromatic carbocycles. The van der Waals surface area contributed by atoms with Crippen molar-refractivity contribution in [1.82, 2.24) is 10.9 Å². The van der Waals surface area contributed by atoms with Crippen LogP contribution in [0.2, 0.25) is 0 Å². The van der Waals surface area contributed by atoms with Crippen molar-refractivity contribution in [2.24, 2.45) is 0 Å². The molecule has 1 saturated heterocycles. The number of halogens is 1. The molecule has 1 aliphatic heterocycles. The molecule has 5 nitrogen and oxygen atoms in total. The minimum atomic E-state index is -0.892. The number of benzene rings is 1. The summed E-state index contributed by atoms with van der Waals surface area (Å²) in [4.78, 5) is 11.0. The Kier molecular flexibility index (Phi) is 3.96. The molecule has 1 aromatic rings. The number of carboxylic acid groups (broad SMARTS) is 1. The Morgan fingerprint density at radius 1 is 1.45 bits per heavy atom. The molecule has 0 amide bonds. The van der Waals surface area contributed by atoms with Gasteiger partial charge in [-0.15, -0.1) is 0 Å². The maximum Gasteiger partial charge on any atom is 0.322 e. The Balaban J connectivity index is 2.22. The van der Waals surface area contributed by atoms with Crippen LogP contribution in [0.3, 0.4) is 0 Å². The number of carbonyl (C=O) groups is 1. The molecule has 1 heterocycles. The van der Waals surface area contributed by atoms with Crippen LogP contribution in [0, 0.1) is 5.82 Å². The van der Waals surface area contributed by atoms with E-state index in [0.717, 1.165) is 5.56 Å². The Morgan fingerprint density at radius 2 is 2.15 bits per heavy atom. The summed E-state index contributed by atoms with van der Waals surface area (Å²) < 4.78 is 18.7. The number of methoxy groups -OCH3 is 1. The average molecular weight is 282 g/mol. The van der Waals surface area contributed by atoms with Crippen LogP contribution in [0.5, 0.6) is 5.75 Å². The molecule has 2 unspecified atom stereocenters. The number of nitrogens with one attached hydrogen (secondary N) is 2. The van der Waals surface area contributed by atoms with Crippen molar-refractivity contribution in [2.45, 2.75) is 37.8 Å². The second-order valence-electron chi connectivity index (χ2n) is 5.54. The summed E-state index contributed by atoms with van der Waals surface area (Å²) in [6.07, 6.45) is 0.440. The van der Waals surface area contributed by atoms with E-state index < -0.39 is 23.2 Å². The van der Waals surface area contributed by atoms with Crippen LogP contribution in [-0.2, 0) is 10.2 Å². The summed E-state index contributed by atoms with van der Waals surface area (Å²) in [5, 5.41) is 9.00. The largest absolute Gasteiger partial charge is 0.494 e. The van der Waals surface area contributed by atoms with E-state index in [1.54, 1.807) is 12.1 Å². The van der Waals surface area contributed by atoms with Crippen LogP contribution in [0.4, 0.5) is 4.39 Å². The van der Waals surface area contributed by atoms with Crippen molar-refractivity contribution < 1.29 is 19.0 Å². The number of carboxylic acids is 1. The van der Waals surface area contributed by atoms with Crippen molar-refractivity contribution in [1.29, 1.82) is 0 Å². The van der Waals surface area contributed by atoms with Gasteiger partial charge in [0.15, 0.2) is 11.6 Å². The molecule has 0 spiro atoms. The first-order valence-corrected chi connectivity index (χ1v) is 6.44. The lowest BCUT2D eigenvalue weighted by molar-refractivity contribution is -0.139. The fourth-order valence-corrected chi connectivity index (χ4v) is 2.46. The highest BCUT2D eigenvalue weighted by molar-refractivity contribution is 5.73. The standard InChI is InChI=1S/C14H19FN2O3/c1-14(2,12-7-10(13(18)19)16-17-12)8-4-5-11(20-3)9(15)6-8/h4-6,10,12,16-17H,7H2,1-3H3,(H,18,19). The fourth-order valence-electron chi connectivity index (χ4n) is 2.46. The Bertz CT molecular complexity index is 519. The molecule has 2 rings (SSSR count). The van der Waals surface area contributed by atoms with E-state index in [1.807, 2.05) is 13.8 Å². The zero-order chi connectivity index (χ0) is 14.9. The summed E-state index contributed by atoms with van der Waals surface area (Å²) in [5.74, 6) is -1.11. The number of hydrogen-bond acceptors (Lipinski definition) is 4. The normalized spacial score (nSPS) is 22.8. The summed E-state index contributed by atoms with van der Waals surface area (Å²) in [5.41, 5.74) is 6.12. The number of ether oxygens (including phenoxy) is 1. The predicted molar refractivity (Wildman–Crippen MR) is 72.1 cm³/mol. The van der Waals surface area contributed by atoms with Gasteiger partial charge in [-0.3, -0.25) is 10.2 Å². The lowest BCUT2D eigenvalue weighted by Gasteiger charge is -2.32. The van der Waals surface area contributed by atoms with Gasteiger partial charge in [-0.25, -0.2) is 9.82 Å². The van der Waals surface area contributed by atoms with Gasteiger partial charge in [0.25, 0.3) is 0 Å². The van der Waals surface area contributed by atoms with Crippen LogP contribution in [0.15, 0.2) is 18.2 Å². The van der Waals surface area contributed by atoms with Crippen LogP contribution in [0.25, 0.3) is 0 Å². The zero-order valence-corrected chi connectivity index (χ0v) is 11.7. The van der Waals surface area contributed by atoms with E-state index in [9.17, 15) is 9.18 Å². The number of hydrogen-bond donors (Lipinski definition) is 3. The predicted octanol–water partition coefficient (Wildman–Crippen LogP) is 1.43. The number of hydrazine groups is 1.